The van der Waals surface area contributed by atoms with Crippen molar-refractivity contribution >= 4 is 0 Å². The first kappa shape index (κ1) is 13.1. The van der Waals surface area contributed by atoms with Gasteiger partial charge < -0.3 is 15.0 Å². The molecule has 1 aliphatic rings. The average Bonchev–Trinajstić information content (AvgIpc) is 3.07. The Labute approximate surface area is 115 Å². The summed E-state index contributed by atoms with van der Waals surface area (Å²) in [5.41, 5.74) is 6.31. The predicted octanol–water partition coefficient (Wildman–Crippen LogP) is 2.48. The van der Waals surface area contributed by atoms with Crippen LogP contribution in [0.25, 0.3) is 11.4 Å². The Morgan fingerprint density at radius 3 is 2.90 bits per heavy atom. The molecule has 1 aromatic heterocycles. The van der Waals surface area contributed by atoms with E-state index in [0.29, 0.717) is 17.2 Å². The van der Waals surface area contributed by atoms with E-state index in [4.69, 9.17) is 15.0 Å². The van der Waals surface area contributed by atoms with Crippen LogP contribution in [-0.2, 0) is 0 Å². The number of halogens is 1. The molecule has 20 heavy (non-hydrogen) atoms. The Bertz CT molecular complexity index is 614. The fraction of sp³-hybridized carbons (Fsp3) is 0.429. The summed E-state index contributed by atoms with van der Waals surface area (Å²) in [5, 5.41) is 3.86. The molecule has 106 valence electrons. The van der Waals surface area contributed by atoms with Gasteiger partial charge in [-0.2, -0.15) is 4.98 Å². The SMILES string of the molecule is COc1ccc(-c2noc(C3CCCC3N)n2)c(F)c1. The Balaban J connectivity index is 1.90. The van der Waals surface area contributed by atoms with E-state index in [-0.39, 0.29) is 17.8 Å². The van der Waals surface area contributed by atoms with Crippen LogP contribution in [0.5, 0.6) is 5.75 Å². The summed E-state index contributed by atoms with van der Waals surface area (Å²) in [6.45, 7) is 0. The van der Waals surface area contributed by atoms with Gasteiger partial charge in [0.15, 0.2) is 0 Å². The highest BCUT2D eigenvalue weighted by Crippen LogP contribution is 2.33. The predicted molar refractivity (Wildman–Crippen MR) is 70.8 cm³/mol. The largest absolute Gasteiger partial charge is 0.497 e. The van der Waals surface area contributed by atoms with Crippen LogP contribution in [0.4, 0.5) is 4.39 Å². The third-order valence-corrected chi connectivity index (χ3v) is 3.75. The summed E-state index contributed by atoms with van der Waals surface area (Å²) in [4.78, 5) is 4.29. The summed E-state index contributed by atoms with van der Waals surface area (Å²) in [5.74, 6) is 0.845. The molecule has 1 fully saturated rings. The zero-order chi connectivity index (χ0) is 14.1. The maximum absolute atomic E-state index is 14.0. The number of nitrogens with two attached hydrogens (primary N) is 1. The number of nitrogens with zero attached hydrogens (tertiary/aromatic N) is 2. The summed E-state index contributed by atoms with van der Waals surface area (Å²) in [7, 11) is 1.49. The third kappa shape index (κ3) is 2.27. The van der Waals surface area contributed by atoms with Gasteiger partial charge in [-0.3, -0.25) is 0 Å². The summed E-state index contributed by atoms with van der Waals surface area (Å²) >= 11 is 0. The van der Waals surface area contributed by atoms with E-state index < -0.39 is 5.82 Å². The van der Waals surface area contributed by atoms with Crippen molar-refractivity contribution < 1.29 is 13.7 Å². The summed E-state index contributed by atoms with van der Waals surface area (Å²) < 4.78 is 24.2. The van der Waals surface area contributed by atoms with Crippen LogP contribution in [0.3, 0.4) is 0 Å². The Kier molecular flexibility index (Phi) is 3.40. The minimum atomic E-state index is -0.438. The lowest BCUT2D eigenvalue weighted by atomic mass is 10.1. The highest BCUT2D eigenvalue weighted by atomic mass is 19.1. The highest BCUT2D eigenvalue weighted by Gasteiger charge is 2.30. The van der Waals surface area contributed by atoms with E-state index >= 15 is 0 Å². The topological polar surface area (TPSA) is 74.2 Å². The second kappa shape index (κ2) is 5.20. The van der Waals surface area contributed by atoms with Crippen LogP contribution in [0.15, 0.2) is 22.7 Å². The van der Waals surface area contributed by atoms with Crippen LogP contribution >= 0.6 is 0 Å². The Morgan fingerprint density at radius 2 is 2.25 bits per heavy atom. The van der Waals surface area contributed by atoms with Gasteiger partial charge in [0.2, 0.25) is 11.7 Å². The zero-order valence-corrected chi connectivity index (χ0v) is 11.2. The van der Waals surface area contributed by atoms with E-state index in [1.54, 1.807) is 12.1 Å². The molecular formula is C14H16FN3O2. The molecule has 3 rings (SSSR count). The number of methoxy groups -OCH3 is 1. The Morgan fingerprint density at radius 1 is 1.40 bits per heavy atom. The van der Waals surface area contributed by atoms with Crippen molar-refractivity contribution in [2.75, 3.05) is 7.11 Å². The van der Waals surface area contributed by atoms with Crippen LogP contribution < -0.4 is 10.5 Å². The fourth-order valence-corrected chi connectivity index (χ4v) is 2.59. The number of benzene rings is 1. The van der Waals surface area contributed by atoms with Crippen molar-refractivity contribution in [3.05, 3.63) is 29.9 Å². The number of ether oxygens (including phenoxy) is 1. The molecule has 0 aliphatic heterocycles. The smallest absolute Gasteiger partial charge is 0.231 e. The normalized spacial score (nSPS) is 22.1. The molecule has 0 spiro atoms. The van der Waals surface area contributed by atoms with Gasteiger partial charge in [-0.25, -0.2) is 4.39 Å². The van der Waals surface area contributed by atoms with Crippen molar-refractivity contribution in [1.29, 1.82) is 0 Å². The molecule has 6 heteroatoms. The summed E-state index contributed by atoms with van der Waals surface area (Å²) in [6, 6.07) is 4.59. The lowest BCUT2D eigenvalue weighted by Gasteiger charge is -2.08. The van der Waals surface area contributed by atoms with Gasteiger partial charge in [0.1, 0.15) is 11.6 Å². The van der Waals surface area contributed by atoms with Crippen molar-refractivity contribution in [1.82, 2.24) is 10.1 Å². The van der Waals surface area contributed by atoms with Crippen molar-refractivity contribution in [3.63, 3.8) is 0 Å². The molecule has 0 saturated heterocycles. The molecule has 2 atom stereocenters. The molecule has 2 N–H and O–H groups in total. The molecule has 1 aromatic carbocycles. The highest BCUT2D eigenvalue weighted by molar-refractivity contribution is 5.56. The standard InChI is InChI=1S/C14H16FN3O2/c1-19-8-5-6-9(11(15)7-8)13-17-14(20-18-13)10-3-2-4-12(10)16/h5-7,10,12H,2-4,16H2,1H3. The zero-order valence-electron chi connectivity index (χ0n) is 11.2. The van der Waals surface area contributed by atoms with Gasteiger partial charge in [-0.05, 0) is 25.0 Å². The van der Waals surface area contributed by atoms with Gasteiger partial charge >= 0.3 is 0 Å². The average molecular weight is 277 g/mol. The van der Waals surface area contributed by atoms with Gasteiger partial charge in [0, 0.05) is 12.1 Å². The molecule has 0 amide bonds. The van der Waals surface area contributed by atoms with Crippen molar-refractivity contribution in [2.24, 2.45) is 5.73 Å². The molecule has 2 unspecified atom stereocenters. The minimum Gasteiger partial charge on any atom is -0.497 e. The van der Waals surface area contributed by atoms with E-state index in [9.17, 15) is 4.39 Å². The molecular weight excluding hydrogens is 261 g/mol. The maximum Gasteiger partial charge on any atom is 0.231 e. The van der Waals surface area contributed by atoms with E-state index in [1.807, 2.05) is 0 Å². The minimum absolute atomic E-state index is 0.0454. The molecule has 0 radical (unpaired) electrons. The molecule has 5 nitrogen and oxygen atoms in total. The van der Waals surface area contributed by atoms with Crippen LogP contribution in [0.2, 0.25) is 0 Å². The Hall–Kier alpha value is -1.95. The lowest BCUT2D eigenvalue weighted by molar-refractivity contribution is 0.345. The number of aromatic nitrogens is 2. The van der Waals surface area contributed by atoms with E-state index in [1.165, 1.54) is 13.2 Å². The first-order chi connectivity index (χ1) is 9.69. The van der Waals surface area contributed by atoms with Crippen molar-refractivity contribution in [2.45, 2.75) is 31.2 Å². The van der Waals surface area contributed by atoms with Gasteiger partial charge in [0.05, 0.1) is 18.6 Å². The second-order valence-electron chi connectivity index (χ2n) is 5.00. The monoisotopic (exact) mass is 277 g/mol. The summed E-state index contributed by atoms with van der Waals surface area (Å²) in [6.07, 6.45) is 2.95. The molecule has 1 aliphatic carbocycles. The van der Waals surface area contributed by atoms with Crippen LogP contribution in [0.1, 0.15) is 31.1 Å². The maximum atomic E-state index is 14.0. The van der Waals surface area contributed by atoms with Crippen molar-refractivity contribution in [3.8, 4) is 17.1 Å². The first-order valence-corrected chi connectivity index (χ1v) is 6.62. The first-order valence-electron chi connectivity index (χ1n) is 6.62. The molecule has 1 heterocycles. The quantitative estimate of drug-likeness (QED) is 0.932. The van der Waals surface area contributed by atoms with Gasteiger partial charge in [-0.15, -0.1) is 0 Å². The number of hydrogen-bond acceptors (Lipinski definition) is 5. The van der Waals surface area contributed by atoms with Crippen LogP contribution in [-0.4, -0.2) is 23.3 Å². The second-order valence-corrected chi connectivity index (χ2v) is 5.00. The number of hydrogen-bond donors (Lipinski definition) is 1. The number of rotatable bonds is 3. The molecule has 0 bridgehead atoms. The lowest BCUT2D eigenvalue weighted by Crippen LogP contribution is -2.22. The van der Waals surface area contributed by atoms with E-state index in [0.717, 1.165) is 19.3 Å². The van der Waals surface area contributed by atoms with Gasteiger partial charge in [-0.1, -0.05) is 11.6 Å². The third-order valence-electron chi connectivity index (χ3n) is 3.75. The van der Waals surface area contributed by atoms with Crippen LogP contribution in [0, 0.1) is 5.82 Å². The van der Waals surface area contributed by atoms with Gasteiger partial charge in [0.25, 0.3) is 0 Å². The molecule has 2 aromatic rings. The van der Waals surface area contributed by atoms with E-state index in [2.05, 4.69) is 10.1 Å². The molecule has 1 saturated carbocycles. The fourth-order valence-electron chi connectivity index (χ4n) is 2.59.